The quantitative estimate of drug-likeness (QED) is 0.817. The maximum Gasteiger partial charge on any atom is 0.407 e. The van der Waals surface area contributed by atoms with Gasteiger partial charge >= 0.3 is 6.09 Å². The third-order valence-corrected chi connectivity index (χ3v) is 4.84. The first kappa shape index (κ1) is 18.1. The lowest BCUT2D eigenvalue weighted by Gasteiger charge is -2.37. The van der Waals surface area contributed by atoms with E-state index >= 15 is 0 Å². The Morgan fingerprint density at radius 1 is 1.08 bits per heavy atom. The first-order valence-electron chi connectivity index (χ1n) is 8.94. The van der Waals surface area contributed by atoms with E-state index in [1.165, 1.54) is 0 Å². The van der Waals surface area contributed by atoms with Crippen LogP contribution >= 0.6 is 0 Å². The van der Waals surface area contributed by atoms with Crippen molar-refractivity contribution in [2.24, 2.45) is 0 Å². The summed E-state index contributed by atoms with van der Waals surface area (Å²) < 4.78 is 10.7. The molecule has 5 heteroatoms. The van der Waals surface area contributed by atoms with E-state index in [4.69, 9.17) is 9.47 Å². The number of hydrogen-bond donors (Lipinski definition) is 2. The van der Waals surface area contributed by atoms with Crippen LogP contribution < -0.4 is 15.4 Å². The van der Waals surface area contributed by atoms with Crippen molar-refractivity contribution in [3.63, 3.8) is 0 Å². The van der Waals surface area contributed by atoms with Crippen LogP contribution in [-0.2, 0) is 11.3 Å². The van der Waals surface area contributed by atoms with Crippen LogP contribution in [0, 0.1) is 13.8 Å². The van der Waals surface area contributed by atoms with Crippen molar-refractivity contribution in [1.29, 1.82) is 0 Å². The lowest BCUT2D eigenvalue weighted by atomic mass is 9.86. The molecule has 0 unspecified atom stereocenters. The summed E-state index contributed by atoms with van der Waals surface area (Å²) >= 11 is 0. The molecule has 0 bridgehead atoms. The fourth-order valence-electron chi connectivity index (χ4n) is 3.30. The van der Waals surface area contributed by atoms with Gasteiger partial charge in [0.25, 0.3) is 0 Å². The normalized spacial score (nSPS) is 18.6. The van der Waals surface area contributed by atoms with Crippen LogP contribution in [0.25, 0.3) is 0 Å². The Morgan fingerprint density at radius 2 is 1.81 bits per heavy atom. The van der Waals surface area contributed by atoms with E-state index in [0.29, 0.717) is 12.6 Å². The van der Waals surface area contributed by atoms with Gasteiger partial charge in [-0.3, -0.25) is 0 Å². The second kappa shape index (κ2) is 8.13. The summed E-state index contributed by atoms with van der Waals surface area (Å²) in [5.74, 6) is 0.925. The van der Waals surface area contributed by atoms with E-state index in [-0.39, 0.29) is 12.1 Å². The molecule has 2 aromatic rings. The minimum absolute atomic E-state index is 0.156. The van der Waals surface area contributed by atoms with E-state index < -0.39 is 0 Å². The Labute approximate surface area is 154 Å². The van der Waals surface area contributed by atoms with Crippen molar-refractivity contribution in [2.75, 3.05) is 12.4 Å². The predicted molar refractivity (Wildman–Crippen MR) is 103 cm³/mol. The van der Waals surface area contributed by atoms with Crippen LogP contribution in [0.2, 0.25) is 0 Å². The highest BCUT2D eigenvalue weighted by Crippen LogP contribution is 2.32. The molecule has 26 heavy (non-hydrogen) atoms. The van der Waals surface area contributed by atoms with Gasteiger partial charge in [0, 0.05) is 23.3 Å². The Bertz CT molecular complexity index is 755. The van der Waals surface area contributed by atoms with Crippen molar-refractivity contribution in [3.05, 3.63) is 59.2 Å². The molecule has 1 saturated carbocycles. The lowest BCUT2D eigenvalue weighted by molar-refractivity contribution is 0.129. The second-order valence-corrected chi connectivity index (χ2v) is 6.80. The predicted octanol–water partition coefficient (Wildman–Crippen LogP) is 4.18. The van der Waals surface area contributed by atoms with Crippen LogP contribution in [0.15, 0.2) is 42.5 Å². The highest BCUT2D eigenvalue weighted by molar-refractivity contribution is 5.68. The molecule has 0 aromatic heterocycles. The maximum absolute atomic E-state index is 11.9. The summed E-state index contributed by atoms with van der Waals surface area (Å²) in [5.41, 5.74) is 4.32. The Hall–Kier alpha value is -2.69. The molecule has 138 valence electrons. The van der Waals surface area contributed by atoms with Gasteiger partial charge in [0.05, 0.1) is 7.11 Å². The monoisotopic (exact) mass is 354 g/mol. The van der Waals surface area contributed by atoms with Crippen LogP contribution in [0.3, 0.4) is 0 Å². The third-order valence-electron chi connectivity index (χ3n) is 4.84. The van der Waals surface area contributed by atoms with Crippen LogP contribution in [0.5, 0.6) is 5.75 Å². The summed E-state index contributed by atoms with van der Waals surface area (Å²) in [6.45, 7) is 4.40. The molecule has 0 spiro atoms. The molecule has 3 rings (SSSR count). The van der Waals surface area contributed by atoms with Crippen molar-refractivity contribution < 1.29 is 14.3 Å². The summed E-state index contributed by atoms with van der Waals surface area (Å²) in [4.78, 5) is 11.9. The number of carbonyl (C=O) groups excluding carboxylic acids is 1. The number of amides is 1. The summed E-state index contributed by atoms with van der Waals surface area (Å²) in [6, 6.07) is 14.3. The molecule has 1 amide bonds. The zero-order chi connectivity index (χ0) is 18.5. The number of ether oxygens (including phenoxy) is 2. The van der Waals surface area contributed by atoms with E-state index in [0.717, 1.165) is 41.0 Å². The molecule has 0 saturated heterocycles. The van der Waals surface area contributed by atoms with Crippen LogP contribution in [-0.4, -0.2) is 25.3 Å². The highest BCUT2D eigenvalue weighted by atomic mass is 16.5. The van der Waals surface area contributed by atoms with Crippen molar-refractivity contribution in [3.8, 4) is 5.75 Å². The summed E-state index contributed by atoms with van der Waals surface area (Å²) in [5, 5.41) is 6.46. The molecular weight excluding hydrogens is 328 g/mol. The van der Waals surface area contributed by atoms with E-state index in [1.807, 2.05) is 37.3 Å². The molecule has 2 aromatic carbocycles. The number of benzene rings is 2. The van der Waals surface area contributed by atoms with Gasteiger partial charge in [-0.25, -0.2) is 4.79 Å². The minimum Gasteiger partial charge on any atom is -0.496 e. The van der Waals surface area contributed by atoms with Gasteiger partial charge in [-0.1, -0.05) is 36.4 Å². The first-order chi connectivity index (χ1) is 12.6. The van der Waals surface area contributed by atoms with Crippen LogP contribution in [0.1, 0.15) is 29.5 Å². The minimum atomic E-state index is -0.356. The average molecular weight is 354 g/mol. The van der Waals surface area contributed by atoms with E-state index in [9.17, 15) is 4.79 Å². The first-order valence-corrected chi connectivity index (χ1v) is 8.94. The third kappa shape index (κ3) is 4.28. The molecule has 0 aliphatic heterocycles. The molecule has 1 aliphatic rings. The van der Waals surface area contributed by atoms with Gasteiger partial charge in [-0.15, -0.1) is 0 Å². The SMILES string of the molecule is COc1c(C)ccc(NC2CC(NC(=O)OCc3ccccc3)C2)c1C. The number of aryl methyl sites for hydroxylation is 1. The fourth-order valence-corrected chi connectivity index (χ4v) is 3.30. The van der Waals surface area contributed by atoms with Crippen molar-refractivity contribution in [1.82, 2.24) is 5.32 Å². The number of hydrogen-bond acceptors (Lipinski definition) is 4. The molecular formula is C21H26N2O3. The zero-order valence-electron chi connectivity index (χ0n) is 15.5. The van der Waals surface area contributed by atoms with Gasteiger partial charge < -0.3 is 20.1 Å². The van der Waals surface area contributed by atoms with Gasteiger partial charge in [-0.05, 0) is 43.9 Å². The zero-order valence-corrected chi connectivity index (χ0v) is 15.5. The Morgan fingerprint density at radius 3 is 2.50 bits per heavy atom. The van der Waals surface area contributed by atoms with Crippen molar-refractivity contribution in [2.45, 2.75) is 45.4 Å². The van der Waals surface area contributed by atoms with Gasteiger partial charge in [0.15, 0.2) is 0 Å². The fraction of sp³-hybridized carbons (Fsp3) is 0.381. The van der Waals surface area contributed by atoms with Crippen molar-refractivity contribution >= 4 is 11.8 Å². The maximum atomic E-state index is 11.9. The van der Waals surface area contributed by atoms with Gasteiger partial charge in [0.2, 0.25) is 0 Å². The summed E-state index contributed by atoms with van der Waals surface area (Å²) in [7, 11) is 1.70. The number of alkyl carbamates (subject to hydrolysis) is 1. The number of rotatable bonds is 6. The topological polar surface area (TPSA) is 59.6 Å². The smallest absolute Gasteiger partial charge is 0.407 e. The molecule has 0 heterocycles. The number of nitrogens with one attached hydrogen (secondary N) is 2. The van der Waals surface area contributed by atoms with E-state index in [2.05, 4.69) is 29.7 Å². The summed E-state index contributed by atoms with van der Waals surface area (Å²) in [6.07, 6.45) is 1.41. The second-order valence-electron chi connectivity index (χ2n) is 6.80. The van der Waals surface area contributed by atoms with E-state index in [1.54, 1.807) is 7.11 Å². The molecule has 5 nitrogen and oxygen atoms in total. The lowest BCUT2D eigenvalue weighted by Crippen LogP contribution is -2.49. The number of anilines is 1. The van der Waals surface area contributed by atoms with Gasteiger partial charge in [0.1, 0.15) is 12.4 Å². The number of methoxy groups -OCH3 is 1. The molecule has 1 fully saturated rings. The molecule has 0 radical (unpaired) electrons. The standard InChI is InChI=1S/C21H26N2O3/c1-14-9-10-19(15(2)20(14)25-3)22-17-11-18(12-17)23-21(24)26-13-16-7-5-4-6-8-16/h4-10,17-18,22H,11-13H2,1-3H3,(H,23,24). The largest absolute Gasteiger partial charge is 0.496 e. The highest BCUT2D eigenvalue weighted by Gasteiger charge is 2.31. The molecule has 2 N–H and O–H groups in total. The Balaban J connectivity index is 1.42. The van der Waals surface area contributed by atoms with Gasteiger partial charge in [-0.2, -0.15) is 0 Å². The average Bonchev–Trinajstić information content (AvgIpc) is 2.61. The number of carbonyl (C=O) groups is 1. The Kier molecular flexibility index (Phi) is 5.66. The molecule has 0 atom stereocenters. The van der Waals surface area contributed by atoms with Crippen LogP contribution in [0.4, 0.5) is 10.5 Å². The molecule has 1 aliphatic carbocycles.